The van der Waals surface area contributed by atoms with Gasteiger partial charge < -0.3 is 9.73 Å². The summed E-state index contributed by atoms with van der Waals surface area (Å²) >= 11 is 4.88. The normalized spacial score (nSPS) is 12.7. The minimum Gasteiger partial charge on any atom is -0.468 e. The summed E-state index contributed by atoms with van der Waals surface area (Å²) in [5.74, 6) is 0.793. The van der Waals surface area contributed by atoms with Crippen molar-refractivity contribution in [3.8, 4) is 0 Å². The van der Waals surface area contributed by atoms with Crippen LogP contribution in [-0.2, 0) is 0 Å². The maximum atomic E-state index is 12.1. The lowest BCUT2D eigenvalue weighted by molar-refractivity contribution is 0.0943. The molecule has 0 radical (unpaired) electrons. The van der Waals surface area contributed by atoms with E-state index < -0.39 is 0 Å². The fourth-order valence-electron chi connectivity index (χ4n) is 1.87. The molecule has 108 valence electrons. The van der Waals surface area contributed by atoms with Crippen LogP contribution in [0.25, 0.3) is 0 Å². The number of carbonyl (C=O) groups is 1. The number of amides is 1. The van der Waals surface area contributed by atoms with Gasteiger partial charge in [-0.05, 0) is 60.7 Å². The lowest BCUT2D eigenvalue weighted by Crippen LogP contribution is -2.34. The third-order valence-electron chi connectivity index (χ3n) is 3.03. The van der Waals surface area contributed by atoms with Gasteiger partial charge in [-0.1, -0.05) is 0 Å². The Morgan fingerprint density at radius 2 is 2.30 bits per heavy atom. The first-order chi connectivity index (χ1) is 9.49. The van der Waals surface area contributed by atoms with Gasteiger partial charge in [0.1, 0.15) is 5.76 Å². The first-order valence-electron chi connectivity index (χ1n) is 6.23. The summed E-state index contributed by atoms with van der Waals surface area (Å²) in [6.07, 6.45) is 1.65. The molecule has 0 saturated carbocycles. The highest BCUT2D eigenvalue weighted by Gasteiger charge is 2.19. The molecule has 0 aliphatic carbocycles. The Balaban J connectivity index is 2.01. The molecule has 2 aromatic rings. The van der Waals surface area contributed by atoms with Gasteiger partial charge in [0, 0.05) is 6.54 Å². The van der Waals surface area contributed by atoms with E-state index in [9.17, 15) is 4.79 Å². The third kappa shape index (κ3) is 3.50. The summed E-state index contributed by atoms with van der Waals surface area (Å²) in [6.45, 7) is 2.48. The molecule has 2 aromatic heterocycles. The summed E-state index contributed by atoms with van der Waals surface area (Å²) in [6, 6.07) is 5.69. The minimum atomic E-state index is -0.0535. The first-order valence-corrected chi connectivity index (χ1v) is 7.84. The van der Waals surface area contributed by atoms with E-state index in [-0.39, 0.29) is 11.9 Å². The zero-order valence-corrected chi connectivity index (χ0v) is 14.0. The van der Waals surface area contributed by atoms with Crippen molar-refractivity contribution in [2.75, 3.05) is 20.6 Å². The Hall–Kier alpha value is -1.11. The number of hydrogen-bond donors (Lipinski definition) is 1. The molecule has 0 aromatic carbocycles. The SMILES string of the molecule is Cc1cc(C(=O)NCC(c2ccco2)N(C)C)sc1Br. The fraction of sp³-hybridized carbons (Fsp3) is 0.357. The van der Waals surface area contributed by atoms with E-state index in [1.165, 1.54) is 11.3 Å². The van der Waals surface area contributed by atoms with Crippen molar-refractivity contribution >= 4 is 33.2 Å². The third-order valence-corrected chi connectivity index (χ3v) is 5.17. The molecule has 0 spiro atoms. The van der Waals surface area contributed by atoms with Gasteiger partial charge in [0.2, 0.25) is 0 Å². The molecule has 6 heteroatoms. The lowest BCUT2D eigenvalue weighted by atomic mass is 10.2. The quantitative estimate of drug-likeness (QED) is 0.892. The van der Waals surface area contributed by atoms with Gasteiger partial charge in [0.05, 0.1) is 21.0 Å². The van der Waals surface area contributed by atoms with E-state index >= 15 is 0 Å². The molecular formula is C14H17BrN2O2S. The maximum absolute atomic E-state index is 12.1. The Labute approximate surface area is 130 Å². The molecule has 2 rings (SSSR count). The molecule has 1 unspecified atom stereocenters. The van der Waals surface area contributed by atoms with Crippen LogP contribution in [0.1, 0.15) is 27.0 Å². The molecule has 0 fully saturated rings. The average Bonchev–Trinajstić information content (AvgIpc) is 3.00. The van der Waals surface area contributed by atoms with Crippen LogP contribution in [0.15, 0.2) is 32.7 Å². The summed E-state index contributed by atoms with van der Waals surface area (Å²) in [5, 5.41) is 2.96. The van der Waals surface area contributed by atoms with Gasteiger partial charge in [-0.3, -0.25) is 9.69 Å². The van der Waals surface area contributed by atoms with E-state index in [0.29, 0.717) is 11.4 Å². The second-order valence-corrected chi connectivity index (χ2v) is 7.14. The molecule has 0 aliphatic rings. The van der Waals surface area contributed by atoms with E-state index in [1.807, 2.05) is 44.1 Å². The molecule has 0 aliphatic heterocycles. The monoisotopic (exact) mass is 356 g/mol. The van der Waals surface area contributed by atoms with Crippen LogP contribution in [0.4, 0.5) is 0 Å². The molecule has 0 bridgehead atoms. The van der Waals surface area contributed by atoms with Crippen LogP contribution < -0.4 is 5.32 Å². The first kappa shape index (κ1) is 15.3. The number of nitrogens with one attached hydrogen (secondary N) is 1. The second kappa shape index (κ2) is 6.56. The Kier molecular flexibility index (Phi) is 5.01. The number of carbonyl (C=O) groups excluding carboxylic acids is 1. The van der Waals surface area contributed by atoms with Gasteiger partial charge in [-0.15, -0.1) is 11.3 Å². The van der Waals surface area contributed by atoms with Crippen molar-refractivity contribution in [2.24, 2.45) is 0 Å². The number of rotatable bonds is 5. The number of thiophene rings is 1. The predicted molar refractivity (Wildman–Crippen MR) is 84.2 cm³/mol. The zero-order valence-electron chi connectivity index (χ0n) is 11.6. The Morgan fingerprint density at radius 3 is 2.80 bits per heavy atom. The highest BCUT2D eigenvalue weighted by atomic mass is 79.9. The van der Waals surface area contributed by atoms with Gasteiger partial charge in [0.15, 0.2) is 0 Å². The molecule has 2 heterocycles. The number of nitrogens with zero attached hydrogens (tertiary/aromatic N) is 1. The van der Waals surface area contributed by atoms with Crippen molar-refractivity contribution in [1.29, 1.82) is 0 Å². The van der Waals surface area contributed by atoms with Gasteiger partial charge >= 0.3 is 0 Å². The molecule has 1 atom stereocenters. The van der Waals surface area contributed by atoms with E-state index in [4.69, 9.17) is 4.42 Å². The van der Waals surface area contributed by atoms with Crippen molar-refractivity contribution in [3.63, 3.8) is 0 Å². The van der Waals surface area contributed by atoms with E-state index in [2.05, 4.69) is 21.2 Å². The molecular weight excluding hydrogens is 340 g/mol. The standard InChI is InChI=1S/C14H17BrN2O2S/c1-9-7-12(20-13(9)15)14(18)16-8-10(17(2)3)11-5-4-6-19-11/h4-7,10H,8H2,1-3H3,(H,16,18). The molecule has 4 nitrogen and oxygen atoms in total. The second-order valence-electron chi connectivity index (χ2n) is 4.77. The number of halogens is 1. The number of aryl methyl sites for hydroxylation is 1. The highest BCUT2D eigenvalue weighted by Crippen LogP contribution is 2.27. The maximum Gasteiger partial charge on any atom is 0.261 e. The van der Waals surface area contributed by atoms with Crippen LogP contribution in [0.5, 0.6) is 0 Å². The Bertz CT molecular complexity index is 559. The van der Waals surface area contributed by atoms with Gasteiger partial charge in [0.25, 0.3) is 5.91 Å². The summed E-state index contributed by atoms with van der Waals surface area (Å²) < 4.78 is 6.42. The number of furan rings is 1. The van der Waals surface area contributed by atoms with Crippen LogP contribution in [0.2, 0.25) is 0 Å². The molecule has 0 saturated heterocycles. The van der Waals surface area contributed by atoms with Crippen molar-refractivity contribution in [3.05, 3.63) is 44.4 Å². The van der Waals surface area contributed by atoms with Crippen LogP contribution >= 0.6 is 27.3 Å². The summed E-state index contributed by atoms with van der Waals surface area (Å²) in [4.78, 5) is 14.9. The average molecular weight is 357 g/mol. The number of likely N-dealkylation sites (N-methyl/N-ethyl adjacent to an activating group) is 1. The van der Waals surface area contributed by atoms with Crippen molar-refractivity contribution in [1.82, 2.24) is 10.2 Å². The minimum absolute atomic E-state index is 0.0263. The molecule has 1 N–H and O–H groups in total. The van der Waals surface area contributed by atoms with E-state index in [0.717, 1.165) is 15.1 Å². The van der Waals surface area contributed by atoms with Crippen molar-refractivity contribution < 1.29 is 9.21 Å². The van der Waals surface area contributed by atoms with Gasteiger partial charge in [-0.25, -0.2) is 0 Å². The fourth-order valence-corrected chi connectivity index (χ4v) is 3.32. The lowest BCUT2D eigenvalue weighted by Gasteiger charge is -2.22. The predicted octanol–water partition coefficient (Wildman–Crippen LogP) is 3.44. The van der Waals surface area contributed by atoms with Gasteiger partial charge in [-0.2, -0.15) is 0 Å². The van der Waals surface area contributed by atoms with Crippen LogP contribution in [0, 0.1) is 6.92 Å². The summed E-state index contributed by atoms with van der Waals surface area (Å²) in [7, 11) is 3.93. The topological polar surface area (TPSA) is 45.5 Å². The number of hydrogen-bond acceptors (Lipinski definition) is 4. The highest BCUT2D eigenvalue weighted by molar-refractivity contribution is 9.11. The molecule has 20 heavy (non-hydrogen) atoms. The van der Waals surface area contributed by atoms with Crippen LogP contribution in [0.3, 0.4) is 0 Å². The zero-order chi connectivity index (χ0) is 14.7. The van der Waals surface area contributed by atoms with Crippen molar-refractivity contribution in [2.45, 2.75) is 13.0 Å². The smallest absolute Gasteiger partial charge is 0.261 e. The molecule has 1 amide bonds. The summed E-state index contributed by atoms with van der Waals surface area (Å²) in [5.41, 5.74) is 1.08. The van der Waals surface area contributed by atoms with Crippen LogP contribution in [-0.4, -0.2) is 31.4 Å². The Morgan fingerprint density at radius 1 is 1.55 bits per heavy atom. The van der Waals surface area contributed by atoms with E-state index in [1.54, 1.807) is 6.26 Å². The largest absolute Gasteiger partial charge is 0.468 e.